The minimum Gasteiger partial charge on any atom is -0.370 e. The van der Waals surface area contributed by atoms with E-state index in [1.54, 1.807) is 36.5 Å². The molecule has 24 heteroatoms. The summed E-state index contributed by atoms with van der Waals surface area (Å²) in [5.41, 5.74) is 30.6. The molecule has 0 bridgehead atoms. The Balaban J connectivity index is 1.54. The lowest BCUT2D eigenvalue weighted by atomic mass is 9.83. The van der Waals surface area contributed by atoms with Gasteiger partial charge < -0.3 is 65.2 Å². The van der Waals surface area contributed by atoms with Gasteiger partial charge in [-0.25, -0.2) is 4.98 Å². The van der Waals surface area contributed by atoms with Gasteiger partial charge in [-0.3, -0.25) is 53.1 Å². The number of aliphatic imine (C=N–C) groups is 2. The molecule has 2 aromatic carbocycles. The number of hydrogen-bond acceptors (Lipinski definition) is 12. The van der Waals surface area contributed by atoms with Gasteiger partial charge in [0.15, 0.2) is 17.7 Å². The van der Waals surface area contributed by atoms with Crippen LogP contribution in [0, 0.1) is 11.8 Å². The third-order valence-corrected chi connectivity index (χ3v) is 13.3. The Morgan fingerprint density at radius 1 is 0.714 bits per heavy atom. The molecule has 7 atom stereocenters. The molecule has 1 fully saturated rings. The van der Waals surface area contributed by atoms with Crippen LogP contribution in [0.4, 0.5) is 0 Å². The molecule has 17 N–H and O–H groups in total. The van der Waals surface area contributed by atoms with E-state index in [2.05, 4.69) is 51.5 Å². The second-order valence-corrected chi connectivity index (χ2v) is 19.4. The molecule has 5 rings (SSSR count). The van der Waals surface area contributed by atoms with E-state index in [0.717, 1.165) is 16.5 Å². The maximum Gasteiger partial charge on any atom is 0.243 e. The summed E-state index contributed by atoms with van der Waals surface area (Å²) in [6, 6.07) is 9.86. The van der Waals surface area contributed by atoms with E-state index in [9.17, 15) is 43.2 Å². The van der Waals surface area contributed by atoms with Crippen LogP contribution < -0.4 is 55.3 Å². The number of nitrogens with two attached hydrogens (primary N) is 5. The number of Topliss-reactive ketones (excluding diaryl/α,β-unsaturated/α-hetero) is 3. The topological polar surface area (TPSA) is 413 Å². The number of imidazole rings is 1. The quantitative estimate of drug-likeness (QED) is 0.0356. The van der Waals surface area contributed by atoms with E-state index in [1.165, 1.54) is 19.4 Å². The lowest BCUT2D eigenvalue weighted by Crippen LogP contribution is -2.58. The van der Waals surface area contributed by atoms with Crippen molar-refractivity contribution in [1.29, 1.82) is 0 Å². The molecular weight excluding hydrogens is 991 g/mol. The number of nitrogens with one attached hydrogen (secondary N) is 7. The molecular formula is C53H73N15O9. The van der Waals surface area contributed by atoms with Crippen molar-refractivity contribution in [3.05, 3.63) is 90.1 Å². The molecule has 24 nitrogen and oxygen atoms in total. The number of benzene rings is 2. The van der Waals surface area contributed by atoms with E-state index in [1.807, 2.05) is 24.3 Å². The summed E-state index contributed by atoms with van der Waals surface area (Å²) in [6.07, 6.45) is 4.55. The molecule has 77 heavy (non-hydrogen) atoms. The van der Waals surface area contributed by atoms with Crippen LogP contribution in [0.15, 0.2) is 83.3 Å². The molecule has 2 aromatic heterocycles. The van der Waals surface area contributed by atoms with Crippen LogP contribution in [0.25, 0.3) is 10.9 Å². The number of primary amides is 1. The van der Waals surface area contributed by atoms with Gasteiger partial charge in [0.05, 0.1) is 12.4 Å². The number of aromatic nitrogens is 3. The molecule has 3 heterocycles. The van der Waals surface area contributed by atoms with Crippen LogP contribution in [0.5, 0.6) is 0 Å². The van der Waals surface area contributed by atoms with Crippen molar-refractivity contribution in [1.82, 2.24) is 41.5 Å². The Labute approximate surface area is 446 Å². The monoisotopic (exact) mass is 1060 g/mol. The van der Waals surface area contributed by atoms with Gasteiger partial charge >= 0.3 is 0 Å². The predicted molar refractivity (Wildman–Crippen MR) is 288 cm³/mol. The zero-order valence-electron chi connectivity index (χ0n) is 43.4. The Hall–Kier alpha value is -8.44. The molecule has 0 saturated carbocycles. The van der Waals surface area contributed by atoms with Crippen LogP contribution in [0.2, 0.25) is 0 Å². The van der Waals surface area contributed by atoms with Gasteiger partial charge in [0.25, 0.3) is 0 Å². The zero-order valence-corrected chi connectivity index (χ0v) is 43.4. The molecule has 0 spiro atoms. The van der Waals surface area contributed by atoms with E-state index in [4.69, 9.17) is 28.7 Å². The van der Waals surface area contributed by atoms with E-state index in [0.29, 0.717) is 11.3 Å². The predicted octanol–water partition coefficient (Wildman–Crippen LogP) is 0.0294. The first-order valence-corrected chi connectivity index (χ1v) is 25.9. The van der Waals surface area contributed by atoms with Crippen LogP contribution >= 0.6 is 0 Å². The van der Waals surface area contributed by atoms with Crippen LogP contribution in [-0.2, 0) is 62.4 Å². The average Bonchev–Trinajstić information content (AvgIpc) is 4.06. The Morgan fingerprint density at radius 2 is 1.40 bits per heavy atom. The fourth-order valence-corrected chi connectivity index (χ4v) is 9.24. The fourth-order valence-electron chi connectivity index (χ4n) is 9.24. The molecule has 4 aromatic rings. The summed E-state index contributed by atoms with van der Waals surface area (Å²) in [5.74, 6) is -8.05. The van der Waals surface area contributed by atoms with Gasteiger partial charge in [-0.1, -0.05) is 55.0 Å². The molecule has 1 saturated heterocycles. The number of fused-ring (bicyclic) bond motifs is 1. The smallest absolute Gasteiger partial charge is 0.243 e. The van der Waals surface area contributed by atoms with Gasteiger partial charge in [-0.15, -0.1) is 0 Å². The number of guanidine groups is 2. The fraction of sp³-hybridized carbons (Fsp3) is 0.472. The van der Waals surface area contributed by atoms with Crippen molar-refractivity contribution in [2.75, 3.05) is 13.1 Å². The summed E-state index contributed by atoms with van der Waals surface area (Å²) >= 11 is 0. The first kappa shape index (κ1) is 59.4. The number of hydrogen-bond donors (Lipinski definition) is 12. The number of rotatable bonds is 18. The van der Waals surface area contributed by atoms with Gasteiger partial charge in [0, 0.05) is 92.9 Å². The van der Waals surface area contributed by atoms with Crippen molar-refractivity contribution in [2.24, 2.45) is 50.5 Å². The SMILES string of the molecule is CC(=O)N[C@@H](CCCN=C(N)N)C(=O)N[C@H]1CCC(=O)CCCC[C@@H](C(N)=O)NC(=O)[C@H](Cc2c[nH]c3ccccc23)CC(=O)[C@H](CCCN=C(N)N)CC(=O)[C@@H](Cc2ccccc2)NC(=O)[C@H](Cc2cnc[nH]2)NC1=O. The lowest BCUT2D eigenvalue weighted by molar-refractivity contribution is -0.135. The van der Waals surface area contributed by atoms with E-state index in [-0.39, 0.29) is 127 Å². The minimum absolute atomic E-state index is 0.00896. The van der Waals surface area contributed by atoms with E-state index < -0.39 is 89.1 Å². The van der Waals surface area contributed by atoms with Crippen molar-refractivity contribution >= 4 is 75.6 Å². The van der Waals surface area contributed by atoms with Gasteiger partial charge in [0.1, 0.15) is 35.7 Å². The standard InChI is InChI=1S/C53H73N15O9/c1-31(69)64-41(18-10-22-61-53(57)58)49(75)66-42-20-19-37(70)14-5-7-17-40(47(54)73)65-48(74)34(24-35-28-62-39-16-8-6-15-38(35)39)26-45(71)33(13-9-21-60-52(55)56)25-46(72)43(23-32-11-3-2-4-12-32)67-51(77)44(68-50(42)76)27-36-29-59-30-63-36/h2-4,6,8,11-12,15-16,28-30,33-34,40-44,62H,5,7,9-10,13-14,17-27H2,1H3,(H2,54,73)(H,59,63)(H,64,69)(H,65,74)(H,66,75)(H,67,77)(H,68,76)(H4,55,56,60)(H4,57,58,61)/t33-,34-,40+,41+,42+,43-,44+/m1/s1. The Bertz CT molecular complexity index is 2720. The third kappa shape index (κ3) is 20.0. The first-order chi connectivity index (χ1) is 36.9. The van der Waals surface area contributed by atoms with Crippen molar-refractivity contribution in [3.8, 4) is 0 Å². The van der Waals surface area contributed by atoms with Crippen LogP contribution in [-0.4, -0.2) is 123 Å². The van der Waals surface area contributed by atoms with E-state index >= 15 is 0 Å². The lowest BCUT2D eigenvalue weighted by Gasteiger charge is -2.27. The zero-order chi connectivity index (χ0) is 55.9. The Morgan fingerprint density at radius 3 is 2.09 bits per heavy atom. The van der Waals surface area contributed by atoms with Crippen LogP contribution in [0.1, 0.15) is 101 Å². The highest BCUT2D eigenvalue weighted by Gasteiger charge is 2.35. The van der Waals surface area contributed by atoms with Gasteiger partial charge in [-0.05, 0) is 75.0 Å². The molecule has 0 radical (unpaired) electrons. The van der Waals surface area contributed by atoms with Crippen molar-refractivity contribution in [2.45, 2.75) is 133 Å². The second-order valence-electron chi connectivity index (χ2n) is 19.4. The maximum absolute atomic E-state index is 14.9. The number of nitrogens with zero attached hydrogens (tertiary/aromatic N) is 3. The third-order valence-electron chi connectivity index (χ3n) is 13.3. The maximum atomic E-state index is 14.9. The summed E-state index contributed by atoms with van der Waals surface area (Å²) in [5, 5.41) is 14.4. The normalized spacial score (nSPS) is 21.2. The molecule has 0 unspecified atom stereocenters. The second kappa shape index (κ2) is 30.2. The molecule has 0 aliphatic carbocycles. The first-order valence-electron chi connectivity index (χ1n) is 25.9. The highest BCUT2D eigenvalue weighted by Crippen LogP contribution is 2.26. The highest BCUT2D eigenvalue weighted by molar-refractivity contribution is 5.98. The number of aromatic amines is 2. The van der Waals surface area contributed by atoms with Gasteiger partial charge in [-0.2, -0.15) is 0 Å². The summed E-state index contributed by atoms with van der Waals surface area (Å²) in [6.45, 7) is 1.48. The summed E-state index contributed by atoms with van der Waals surface area (Å²) in [7, 11) is 0. The summed E-state index contributed by atoms with van der Waals surface area (Å²) in [4.78, 5) is 144. The minimum atomic E-state index is -1.43. The number of ketones is 3. The largest absolute Gasteiger partial charge is 0.370 e. The molecule has 414 valence electrons. The number of carbonyl (C=O) groups excluding carboxylic acids is 9. The number of amides is 6. The summed E-state index contributed by atoms with van der Waals surface area (Å²) < 4.78 is 0. The number of para-hydroxylation sites is 1. The molecule has 1 aliphatic rings. The average molecular weight is 1060 g/mol. The number of H-pyrrole nitrogens is 2. The highest BCUT2D eigenvalue weighted by atomic mass is 16.2. The molecule has 1 aliphatic heterocycles. The number of carbonyl (C=O) groups is 9. The molecule has 6 amide bonds. The van der Waals surface area contributed by atoms with Crippen LogP contribution in [0.3, 0.4) is 0 Å². The van der Waals surface area contributed by atoms with Gasteiger partial charge in [0.2, 0.25) is 35.4 Å². The van der Waals surface area contributed by atoms with Crippen molar-refractivity contribution in [3.63, 3.8) is 0 Å². The Kier molecular flexibility index (Phi) is 23.3. The van der Waals surface area contributed by atoms with Crippen molar-refractivity contribution < 1.29 is 43.2 Å².